The third kappa shape index (κ3) is 2.43. The number of rotatable bonds is 4. The zero-order chi connectivity index (χ0) is 19.5. The van der Waals surface area contributed by atoms with Gasteiger partial charge in [-0.25, -0.2) is 0 Å². The molecule has 1 spiro atoms. The second kappa shape index (κ2) is 6.39. The Hall–Kier alpha value is -1.77. The summed E-state index contributed by atoms with van der Waals surface area (Å²) >= 11 is 3.46. The lowest BCUT2D eigenvalue weighted by Gasteiger charge is -2.30. The van der Waals surface area contributed by atoms with Gasteiger partial charge in [-0.3, -0.25) is 24.6 Å². The standard InChI is InChI=1S/C19H22BrN3O4/c1-9(2)15-13-14(17(25)23(16(13)24)6-7-27-3)19(22-15)11-8-10(20)4-5-12(11)21-18(19)26/h4-5,8-9,13-15,22H,6-7H2,1-3H3,(H,21,26)/t13-,14-,15+,19+/m0/s1. The minimum atomic E-state index is -1.23. The van der Waals surface area contributed by atoms with Crippen LogP contribution in [0.2, 0.25) is 0 Å². The number of halogens is 1. The van der Waals surface area contributed by atoms with E-state index in [9.17, 15) is 14.4 Å². The third-order valence-electron chi connectivity index (χ3n) is 5.94. The van der Waals surface area contributed by atoms with Crippen molar-refractivity contribution in [3.05, 3.63) is 28.2 Å². The normalized spacial score (nSPS) is 31.8. The van der Waals surface area contributed by atoms with Crippen molar-refractivity contribution >= 4 is 39.3 Å². The van der Waals surface area contributed by atoms with Gasteiger partial charge in [-0.2, -0.15) is 0 Å². The Labute approximate surface area is 165 Å². The van der Waals surface area contributed by atoms with Crippen molar-refractivity contribution < 1.29 is 19.1 Å². The van der Waals surface area contributed by atoms with Crippen molar-refractivity contribution in [3.63, 3.8) is 0 Å². The van der Waals surface area contributed by atoms with Crippen LogP contribution in [0.25, 0.3) is 0 Å². The van der Waals surface area contributed by atoms with E-state index < -0.39 is 17.4 Å². The minimum Gasteiger partial charge on any atom is -0.383 e. The fourth-order valence-electron chi connectivity index (χ4n) is 4.74. The minimum absolute atomic E-state index is 0.0833. The van der Waals surface area contributed by atoms with Gasteiger partial charge in [0.2, 0.25) is 17.7 Å². The number of fused-ring (bicyclic) bond motifs is 4. The van der Waals surface area contributed by atoms with E-state index >= 15 is 0 Å². The number of ether oxygens (including phenoxy) is 1. The molecule has 1 aromatic rings. The topological polar surface area (TPSA) is 87.7 Å². The number of anilines is 1. The van der Waals surface area contributed by atoms with Crippen molar-refractivity contribution in [1.29, 1.82) is 0 Å². The van der Waals surface area contributed by atoms with Gasteiger partial charge < -0.3 is 10.1 Å². The zero-order valence-corrected chi connectivity index (χ0v) is 17.0. The van der Waals surface area contributed by atoms with Gasteiger partial charge in [0.25, 0.3) is 0 Å². The Bertz CT molecular complexity index is 842. The molecular formula is C19H22BrN3O4. The third-order valence-corrected chi connectivity index (χ3v) is 6.43. The molecule has 4 atom stereocenters. The molecule has 3 aliphatic heterocycles. The number of amides is 3. The van der Waals surface area contributed by atoms with Crippen molar-refractivity contribution in [1.82, 2.24) is 10.2 Å². The summed E-state index contributed by atoms with van der Waals surface area (Å²) in [6.45, 7) is 4.48. The molecule has 2 saturated heterocycles. The summed E-state index contributed by atoms with van der Waals surface area (Å²) in [5, 5.41) is 6.30. The van der Waals surface area contributed by atoms with Gasteiger partial charge in [-0.1, -0.05) is 29.8 Å². The van der Waals surface area contributed by atoms with Crippen LogP contribution in [0.3, 0.4) is 0 Å². The summed E-state index contributed by atoms with van der Waals surface area (Å²) in [5.41, 5.74) is 0.164. The van der Waals surface area contributed by atoms with Crippen molar-refractivity contribution in [3.8, 4) is 0 Å². The summed E-state index contributed by atoms with van der Waals surface area (Å²) in [5.74, 6) is -2.04. The highest BCUT2D eigenvalue weighted by Crippen LogP contribution is 2.54. The quantitative estimate of drug-likeness (QED) is 0.699. The number of benzene rings is 1. The van der Waals surface area contributed by atoms with Gasteiger partial charge in [-0.05, 0) is 24.1 Å². The van der Waals surface area contributed by atoms with Gasteiger partial charge in [-0.15, -0.1) is 0 Å². The average Bonchev–Trinajstić information content (AvgIpc) is 3.20. The van der Waals surface area contributed by atoms with Gasteiger partial charge >= 0.3 is 0 Å². The molecule has 3 heterocycles. The highest BCUT2D eigenvalue weighted by molar-refractivity contribution is 9.10. The van der Waals surface area contributed by atoms with E-state index in [1.165, 1.54) is 12.0 Å². The van der Waals surface area contributed by atoms with Crippen molar-refractivity contribution in [2.75, 3.05) is 25.6 Å². The van der Waals surface area contributed by atoms with E-state index in [-0.39, 0.29) is 42.8 Å². The number of carbonyl (C=O) groups is 3. The second-order valence-electron chi connectivity index (χ2n) is 7.69. The fraction of sp³-hybridized carbons (Fsp3) is 0.526. The number of hydrogen-bond donors (Lipinski definition) is 2. The molecule has 2 N–H and O–H groups in total. The van der Waals surface area contributed by atoms with E-state index in [2.05, 4.69) is 26.6 Å². The number of imide groups is 1. The second-order valence-corrected chi connectivity index (χ2v) is 8.61. The molecule has 4 rings (SSSR count). The highest BCUT2D eigenvalue weighted by Gasteiger charge is 2.70. The Balaban J connectivity index is 1.86. The van der Waals surface area contributed by atoms with Crippen LogP contribution in [-0.2, 0) is 24.7 Å². The molecule has 2 fully saturated rings. The number of nitrogens with one attached hydrogen (secondary N) is 2. The highest BCUT2D eigenvalue weighted by atomic mass is 79.9. The predicted molar refractivity (Wildman–Crippen MR) is 102 cm³/mol. The van der Waals surface area contributed by atoms with Crippen molar-refractivity contribution in [2.45, 2.75) is 25.4 Å². The first-order valence-corrected chi connectivity index (χ1v) is 9.85. The summed E-state index contributed by atoms with van der Waals surface area (Å²) in [4.78, 5) is 40.8. The Morgan fingerprint density at radius 1 is 1.26 bits per heavy atom. The number of nitrogens with zero attached hydrogens (tertiary/aromatic N) is 1. The fourth-order valence-corrected chi connectivity index (χ4v) is 5.10. The summed E-state index contributed by atoms with van der Waals surface area (Å²) in [7, 11) is 1.53. The van der Waals surface area contributed by atoms with Crippen LogP contribution in [0, 0.1) is 17.8 Å². The largest absolute Gasteiger partial charge is 0.383 e. The lowest BCUT2D eigenvalue weighted by atomic mass is 9.76. The van der Waals surface area contributed by atoms with Crippen LogP contribution >= 0.6 is 15.9 Å². The van der Waals surface area contributed by atoms with Gasteiger partial charge in [0, 0.05) is 28.9 Å². The maximum absolute atomic E-state index is 13.3. The molecule has 0 unspecified atom stereocenters. The van der Waals surface area contributed by atoms with Crippen LogP contribution in [-0.4, -0.2) is 48.9 Å². The Morgan fingerprint density at radius 3 is 2.67 bits per heavy atom. The molecule has 3 amide bonds. The molecule has 0 radical (unpaired) electrons. The van der Waals surface area contributed by atoms with E-state index in [4.69, 9.17) is 4.74 Å². The van der Waals surface area contributed by atoms with Gasteiger partial charge in [0.15, 0.2) is 0 Å². The Kier molecular flexibility index (Phi) is 4.40. The molecule has 0 aliphatic carbocycles. The molecule has 7 nitrogen and oxygen atoms in total. The maximum atomic E-state index is 13.3. The number of likely N-dealkylation sites (tertiary alicyclic amines) is 1. The molecule has 0 aromatic heterocycles. The summed E-state index contributed by atoms with van der Waals surface area (Å²) in [6, 6.07) is 5.25. The number of hydrogen-bond acceptors (Lipinski definition) is 5. The first kappa shape index (κ1) is 18.6. The lowest BCUT2D eigenvalue weighted by molar-refractivity contribution is -0.143. The first-order chi connectivity index (χ1) is 12.8. The molecule has 1 aromatic carbocycles. The monoisotopic (exact) mass is 435 g/mol. The molecular weight excluding hydrogens is 414 g/mol. The van der Waals surface area contributed by atoms with Crippen molar-refractivity contribution in [2.24, 2.45) is 17.8 Å². The van der Waals surface area contributed by atoms with E-state index in [1.54, 1.807) is 0 Å². The average molecular weight is 436 g/mol. The number of methoxy groups -OCH3 is 1. The van der Waals surface area contributed by atoms with Gasteiger partial charge in [0.05, 0.1) is 25.0 Å². The molecule has 3 aliphatic rings. The van der Waals surface area contributed by atoms with Crippen LogP contribution in [0.15, 0.2) is 22.7 Å². The van der Waals surface area contributed by atoms with Crippen LogP contribution in [0.1, 0.15) is 19.4 Å². The molecule has 27 heavy (non-hydrogen) atoms. The smallest absolute Gasteiger partial charge is 0.250 e. The van der Waals surface area contributed by atoms with Gasteiger partial charge in [0.1, 0.15) is 5.54 Å². The summed E-state index contributed by atoms with van der Waals surface area (Å²) in [6.07, 6.45) is 0. The van der Waals surface area contributed by atoms with E-state index in [0.717, 1.165) is 10.0 Å². The predicted octanol–water partition coefficient (Wildman–Crippen LogP) is 1.47. The SMILES string of the molecule is COCCN1C(=O)[C@@H]2[C@@H](C(C)C)N[C@@]3(C(=O)Nc4ccc(Br)cc43)[C@@H]2C1=O. The van der Waals surface area contributed by atoms with E-state index in [1.807, 2.05) is 32.0 Å². The zero-order valence-electron chi connectivity index (χ0n) is 15.4. The molecule has 0 bridgehead atoms. The van der Waals surface area contributed by atoms with Crippen LogP contribution in [0.5, 0.6) is 0 Å². The van der Waals surface area contributed by atoms with Crippen LogP contribution < -0.4 is 10.6 Å². The molecule has 0 saturated carbocycles. The van der Waals surface area contributed by atoms with Crippen LogP contribution in [0.4, 0.5) is 5.69 Å². The summed E-state index contributed by atoms with van der Waals surface area (Å²) < 4.78 is 5.88. The maximum Gasteiger partial charge on any atom is 0.250 e. The first-order valence-electron chi connectivity index (χ1n) is 9.06. The Morgan fingerprint density at radius 2 is 2.00 bits per heavy atom. The number of carbonyl (C=O) groups excluding carboxylic acids is 3. The lowest BCUT2D eigenvalue weighted by Crippen LogP contribution is -2.54. The molecule has 144 valence electrons. The molecule has 8 heteroatoms. The van der Waals surface area contributed by atoms with E-state index in [0.29, 0.717) is 5.69 Å².